The Hall–Kier alpha value is -3.71. The molecule has 1 fully saturated rings. The quantitative estimate of drug-likeness (QED) is 0.506. The fourth-order valence-corrected chi connectivity index (χ4v) is 4.35. The molecule has 1 N–H and O–H groups in total. The minimum absolute atomic E-state index is 0.0213. The fourth-order valence-electron chi connectivity index (χ4n) is 4.35. The number of fused-ring (bicyclic) bond motifs is 2. The average molecular weight is 444 g/mol. The summed E-state index contributed by atoms with van der Waals surface area (Å²) in [6, 6.07) is 16.7. The van der Waals surface area contributed by atoms with E-state index in [1.165, 1.54) is 11.6 Å². The molecule has 1 amide bonds. The number of rotatable bonds is 5. The molecule has 0 aliphatic carbocycles. The molecule has 1 aliphatic heterocycles. The standard InChI is InChI=1S/C26H25N3O4/c1-32-20-5-6-21-23(30)15-25(33-24(21)14-20)26(31)28-19-8-11-29(12-9-19)16-17-4-7-22-18(13-17)3-2-10-27-22/h2-7,10,13-15,19H,8-9,11-12,16H2,1H3,(H,28,31). The fraction of sp³-hybridized carbons (Fsp3) is 0.269. The number of hydrogen-bond donors (Lipinski definition) is 1. The van der Waals surface area contributed by atoms with Crippen LogP contribution in [-0.4, -0.2) is 42.0 Å². The SMILES string of the molecule is COc1ccc2c(=O)cc(C(=O)NC3CCN(Cc4ccc5ncccc5c4)CC3)oc2c1. The van der Waals surface area contributed by atoms with Gasteiger partial charge in [0.25, 0.3) is 5.91 Å². The topological polar surface area (TPSA) is 84.7 Å². The van der Waals surface area contributed by atoms with Crippen molar-refractivity contribution in [3.05, 3.63) is 82.3 Å². The van der Waals surface area contributed by atoms with Gasteiger partial charge in [-0.15, -0.1) is 0 Å². The highest BCUT2D eigenvalue weighted by molar-refractivity contribution is 5.93. The van der Waals surface area contributed by atoms with E-state index in [0.29, 0.717) is 16.7 Å². The lowest BCUT2D eigenvalue weighted by molar-refractivity contribution is 0.0881. The molecule has 5 rings (SSSR count). The number of aromatic nitrogens is 1. The van der Waals surface area contributed by atoms with Crippen LogP contribution in [0.2, 0.25) is 0 Å². The molecule has 1 aliphatic rings. The van der Waals surface area contributed by atoms with Gasteiger partial charge in [-0.05, 0) is 48.7 Å². The zero-order chi connectivity index (χ0) is 22.8. The van der Waals surface area contributed by atoms with E-state index in [2.05, 4.69) is 39.5 Å². The first-order chi connectivity index (χ1) is 16.1. The molecule has 3 heterocycles. The molecule has 0 bridgehead atoms. The summed E-state index contributed by atoms with van der Waals surface area (Å²) in [4.78, 5) is 31.9. The Morgan fingerprint density at radius 1 is 1.15 bits per heavy atom. The molecule has 7 nitrogen and oxygen atoms in total. The third-order valence-corrected chi connectivity index (χ3v) is 6.16. The van der Waals surface area contributed by atoms with Gasteiger partial charge in [0.1, 0.15) is 11.3 Å². The van der Waals surface area contributed by atoms with Crippen molar-refractivity contribution in [2.75, 3.05) is 20.2 Å². The Bertz CT molecular complexity index is 1370. The Morgan fingerprint density at radius 3 is 2.82 bits per heavy atom. The number of likely N-dealkylation sites (tertiary alicyclic amines) is 1. The van der Waals surface area contributed by atoms with Crippen LogP contribution in [0.4, 0.5) is 0 Å². The predicted molar refractivity (Wildman–Crippen MR) is 127 cm³/mol. The van der Waals surface area contributed by atoms with Crippen LogP contribution < -0.4 is 15.5 Å². The lowest BCUT2D eigenvalue weighted by Gasteiger charge is -2.32. The van der Waals surface area contributed by atoms with E-state index in [-0.39, 0.29) is 23.1 Å². The van der Waals surface area contributed by atoms with Gasteiger partial charge in [-0.25, -0.2) is 0 Å². The minimum Gasteiger partial charge on any atom is -0.497 e. The highest BCUT2D eigenvalue weighted by Gasteiger charge is 2.23. The minimum atomic E-state index is -0.364. The first-order valence-electron chi connectivity index (χ1n) is 11.1. The van der Waals surface area contributed by atoms with Crippen molar-refractivity contribution in [1.82, 2.24) is 15.2 Å². The maximum atomic E-state index is 12.8. The van der Waals surface area contributed by atoms with Crippen molar-refractivity contribution in [3.63, 3.8) is 0 Å². The number of nitrogens with one attached hydrogen (secondary N) is 1. The highest BCUT2D eigenvalue weighted by Crippen LogP contribution is 2.21. The van der Waals surface area contributed by atoms with Gasteiger partial charge in [-0.1, -0.05) is 12.1 Å². The van der Waals surface area contributed by atoms with Crippen molar-refractivity contribution in [3.8, 4) is 5.75 Å². The van der Waals surface area contributed by atoms with Gasteiger partial charge in [0, 0.05) is 49.4 Å². The zero-order valence-corrected chi connectivity index (χ0v) is 18.4. The second-order valence-electron chi connectivity index (χ2n) is 8.39. The van der Waals surface area contributed by atoms with Gasteiger partial charge in [0.05, 0.1) is 18.0 Å². The van der Waals surface area contributed by atoms with Crippen LogP contribution in [0.25, 0.3) is 21.9 Å². The number of nitrogens with zero attached hydrogens (tertiary/aromatic N) is 2. The monoisotopic (exact) mass is 443 g/mol. The molecule has 1 saturated heterocycles. The Labute approximate surface area is 191 Å². The number of pyridine rings is 1. The van der Waals surface area contributed by atoms with E-state index >= 15 is 0 Å². The Morgan fingerprint density at radius 2 is 2.00 bits per heavy atom. The smallest absolute Gasteiger partial charge is 0.287 e. The summed E-state index contributed by atoms with van der Waals surface area (Å²) in [6.45, 7) is 2.64. The maximum absolute atomic E-state index is 12.8. The first kappa shape index (κ1) is 21.2. The number of piperidine rings is 1. The molecule has 0 spiro atoms. The molecule has 0 atom stereocenters. The van der Waals surface area contributed by atoms with Crippen LogP contribution in [0.15, 0.2) is 70.0 Å². The maximum Gasteiger partial charge on any atom is 0.287 e. The second-order valence-corrected chi connectivity index (χ2v) is 8.39. The summed E-state index contributed by atoms with van der Waals surface area (Å²) in [5, 5.41) is 4.59. The lowest BCUT2D eigenvalue weighted by Crippen LogP contribution is -2.44. The van der Waals surface area contributed by atoms with Gasteiger partial charge in [0.2, 0.25) is 0 Å². The van der Waals surface area contributed by atoms with Crippen LogP contribution in [-0.2, 0) is 6.54 Å². The van der Waals surface area contributed by atoms with Crippen molar-refractivity contribution in [1.29, 1.82) is 0 Å². The molecular formula is C26H25N3O4. The number of amides is 1. The van der Waals surface area contributed by atoms with Gasteiger partial charge in [-0.3, -0.25) is 19.5 Å². The van der Waals surface area contributed by atoms with E-state index in [1.54, 1.807) is 31.5 Å². The van der Waals surface area contributed by atoms with Gasteiger partial charge in [0.15, 0.2) is 11.2 Å². The van der Waals surface area contributed by atoms with E-state index in [4.69, 9.17) is 9.15 Å². The summed E-state index contributed by atoms with van der Waals surface area (Å²) in [6.07, 6.45) is 3.49. The number of benzene rings is 2. The molecule has 0 radical (unpaired) electrons. The van der Waals surface area contributed by atoms with Crippen LogP contribution >= 0.6 is 0 Å². The van der Waals surface area contributed by atoms with Crippen LogP contribution in [0.5, 0.6) is 5.75 Å². The van der Waals surface area contributed by atoms with E-state index in [0.717, 1.165) is 43.4 Å². The lowest BCUT2D eigenvalue weighted by atomic mass is 10.0. The molecule has 7 heteroatoms. The van der Waals surface area contributed by atoms with Crippen molar-refractivity contribution >= 4 is 27.8 Å². The van der Waals surface area contributed by atoms with Crippen molar-refractivity contribution in [2.45, 2.75) is 25.4 Å². The summed E-state index contributed by atoms with van der Waals surface area (Å²) in [5.41, 5.74) is 2.35. The normalized spacial score (nSPS) is 15.1. The molecule has 2 aromatic carbocycles. The number of ether oxygens (including phenoxy) is 1. The van der Waals surface area contributed by atoms with Crippen molar-refractivity contribution in [2.24, 2.45) is 0 Å². The van der Waals surface area contributed by atoms with Gasteiger partial charge < -0.3 is 14.5 Å². The Kier molecular flexibility index (Phi) is 5.79. The summed E-state index contributed by atoms with van der Waals surface area (Å²) < 4.78 is 10.9. The molecule has 33 heavy (non-hydrogen) atoms. The number of methoxy groups -OCH3 is 1. The number of carbonyl (C=O) groups excluding carboxylic acids is 1. The third-order valence-electron chi connectivity index (χ3n) is 6.16. The molecule has 2 aromatic heterocycles. The molecular weight excluding hydrogens is 418 g/mol. The number of carbonyl (C=O) groups is 1. The first-order valence-corrected chi connectivity index (χ1v) is 11.1. The van der Waals surface area contributed by atoms with Crippen molar-refractivity contribution < 1.29 is 13.9 Å². The molecule has 0 saturated carbocycles. The van der Waals surface area contributed by atoms with Crippen LogP contribution in [0.3, 0.4) is 0 Å². The molecule has 0 unspecified atom stereocenters. The molecule has 4 aromatic rings. The van der Waals surface area contributed by atoms with Gasteiger partial charge >= 0.3 is 0 Å². The van der Waals surface area contributed by atoms with E-state index in [9.17, 15) is 9.59 Å². The largest absolute Gasteiger partial charge is 0.497 e. The summed E-state index contributed by atoms with van der Waals surface area (Å²) >= 11 is 0. The van der Waals surface area contributed by atoms with Crippen LogP contribution in [0, 0.1) is 0 Å². The van der Waals surface area contributed by atoms with E-state index < -0.39 is 0 Å². The second kappa shape index (κ2) is 9.03. The molecule has 168 valence electrons. The average Bonchev–Trinajstić information content (AvgIpc) is 2.84. The summed E-state index contributed by atoms with van der Waals surface area (Å²) in [5.74, 6) is 0.225. The predicted octanol–water partition coefficient (Wildman–Crippen LogP) is 3.74. The van der Waals surface area contributed by atoms with Gasteiger partial charge in [-0.2, -0.15) is 0 Å². The third kappa shape index (κ3) is 4.59. The summed E-state index contributed by atoms with van der Waals surface area (Å²) in [7, 11) is 1.54. The number of hydrogen-bond acceptors (Lipinski definition) is 6. The highest BCUT2D eigenvalue weighted by atomic mass is 16.5. The van der Waals surface area contributed by atoms with Crippen LogP contribution in [0.1, 0.15) is 29.0 Å². The zero-order valence-electron chi connectivity index (χ0n) is 18.4. The van der Waals surface area contributed by atoms with E-state index in [1.807, 2.05) is 6.07 Å². The Balaban J connectivity index is 1.21.